The van der Waals surface area contributed by atoms with Crippen molar-refractivity contribution in [1.82, 2.24) is 8.75 Å². The van der Waals surface area contributed by atoms with Gasteiger partial charge in [0.15, 0.2) is 0 Å². The van der Waals surface area contributed by atoms with Gasteiger partial charge in [0, 0.05) is 35.8 Å². The summed E-state index contributed by atoms with van der Waals surface area (Å²) in [4.78, 5) is 5.10. The Morgan fingerprint density at radius 1 is 0.615 bits per heavy atom. The van der Waals surface area contributed by atoms with Crippen molar-refractivity contribution in [2.45, 2.75) is 131 Å². The van der Waals surface area contributed by atoms with Crippen molar-refractivity contribution in [3.63, 3.8) is 0 Å². The van der Waals surface area contributed by atoms with Crippen LogP contribution in [-0.2, 0) is 10.8 Å². The van der Waals surface area contributed by atoms with Crippen molar-refractivity contribution in [3.8, 4) is 31.7 Å². The maximum absolute atomic E-state index is 7.02. The number of aromatic nitrogens is 2. The van der Waals surface area contributed by atoms with Gasteiger partial charge in [-0.1, -0.05) is 120 Å². The van der Waals surface area contributed by atoms with Gasteiger partial charge in [0.05, 0.1) is 34.3 Å². The lowest BCUT2D eigenvalue weighted by molar-refractivity contribution is 0.235. The van der Waals surface area contributed by atoms with Crippen LogP contribution in [0.4, 0.5) is 0 Å². The normalized spacial score (nSPS) is 13.8. The Morgan fingerprint density at radius 3 is 1.77 bits per heavy atom. The number of ether oxygens (including phenoxy) is 2. The third-order valence-corrected chi connectivity index (χ3v) is 15.0. The molecule has 4 aromatic heterocycles. The molecule has 0 fully saturated rings. The first-order valence-electron chi connectivity index (χ1n) is 19.5. The molecule has 6 aromatic rings. The van der Waals surface area contributed by atoms with Gasteiger partial charge in [0.1, 0.15) is 22.5 Å². The number of thiophene rings is 3. The molecule has 2 aromatic carbocycles. The summed E-state index contributed by atoms with van der Waals surface area (Å²) < 4.78 is 26.0. The Labute approximate surface area is 328 Å². The smallest absolute Gasteiger partial charge is 0.146 e. The Balaban J connectivity index is 1.48. The second-order valence-electron chi connectivity index (χ2n) is 16.6. The molecule has 0 aliphatic carbocycles. The Hall–Kier alpha value is -2.52. The van der Waals surface area contributed by atoms with Gasteiger partial charge in [-0.05, 0) is 65.3 Å². The van der Waals surface area contributed by atoms with Crippen molar-refractivity contribution >= 4 is 76.9 Å². The first-order valence-corrected chi connectivity index (χ1v) is 22.7. The summed E-state index contributed by atoms with van der Waals surface area (Å²) in [6.45, 7) is 24.4. The van der Waals surface area contributed by atoms with Crippen LogP contribution < -0.4 is 9.47 Å². The summed E-state index contributed by atoms with van der Waals surface area (Å²) in [5.41, 5.74) is 4.48. The van der Waals surface area contributed by atoms with Crippen LogP contribution in [0.25, 0.3) is 51.4 Å². The van der Waals surface area contributed by atoms with Crippen LogP contribution in [0.5, 0.6) is 11.5 Å². The number of unbranched alkanes of at least 4 members (excludes halogenated alkanes) is 2. The highest BCUT2D eigenvalue weighted by atomic mass is 32.1. The molecule has 8 heteroatoms. The SMILES string of the molecule is CCCCC(CC)COc1c2cc(C(C)(C)C)sc2c(OCC(CC)CCCC)c2cc(-c3ccc(-c4ccc(C(C)(C)C)c5nsnc45)s3)sc12. The molecule has 6 rings (SSSR count). The van der Waals surface area contributed by atoms with Crippen molar-refractivity contribution < 1.29 is 9.47 Å². The van der Waals surface area contributed by atoms with E-state index in [4.69, 9.17) is 18.2 Å². The Bertz CT molecular complexity index is 2030. The van der Waals surface area contributed by atoms with E-state index >= 15 is 0 Å². The minimum atomic E-state index is 0.00543. The average Bonchev–Trinajstić information content (AvgIpc) is 3.93. The van der Waals surface area contributed by atoms with E-state index in [0.29, 0.717) is 11.8 Å². The summed E-state index contributed by atoms with van der Waals surface area (Å²) in [5.74, 6) is 3.18. The minimum absolute atomic E-state index is 0.00543. The Morgan fingerprint density at radius 2 is 1.19 bits per heavy atom. The molecular formula is C44H58N2O2S4. The molecule has 0 aliphatic heterocycles. The number of benzene rings is 2. The molecule has 0 saturated carbocycles. The zero-order valence-corrected chi connectivity index (χ0v) is 36.3. The molecule has 0 bridgehead atoms. The molecule has 52 heavy (non-hydrogen) atoms. The molecule has 4 nitrogen and oxygen atoms in total. The Kier molecular flexibility index (Phi) is 12.4. The topological polar surface area (TPSA) is 44.2 Å². The zero-order valence-electron chi connectivity index (χ0n) is 33.0. The summed E-state index contributed by atoms with van der Waals surface area (Å²) in [6, 6.07) is 13.8. The average molecular weight is 775 g/mol. The van der Waals surface area contributed by atoms with Gasteiger partial charge >= 0.3 is 0 Å². The van der Waals surface area contributed by atoms with E-state index < -0.39 is 0 Å². The minimum Gasteiger partial charge on any atom is -0.491 e. The standard InChI is InChI=1S/C44H58N2O2S4/c1-11-15-17-27(13-3)25-47-39-30-23-35(34-22-21-33(49-34)29-19-20-32(43(5,6)7)38-37(29)45-52-46-38)50-41(30)40(48-26-28(14-4)18-16-12-2)31-24-36(44(8,9)10)51-42(31)39/h19-24,27-28H,11-18,25-26H2,1-10H3. The lowest BCUT2D eigenvalue weighted by atomic mass is 9.85. The fourth-order valence-electron chi connectivity index (χ4n) is 6.96. The van der Waals surface area contributed by atoms with Gasteiger partial charge in [-0.3, -0.25) is 0 Å². The van der Waals surface area contributed by atoms with Gasteiger partial charge in [-0.2, -0.15) is 8.75 Å². The maximum atomic E-state index is 7.02. The first-order chi connectivity index (χ1) is 24.9. The molecule has 0 N–H and O–H groups in total. The van der Waals surface area contributed by atoms with Gasteiger partial charge in [-0.25, -0.2) is 0 Å². The quantitative estimate of drug-likeness (QED) is 0.0982. The van der Waals surface area contributed by atoms with E-state index in [2.05, 4.69) is 106 Å². The van der Waals surface area contributed by atoms with Crippen LogP contribution in [-0.4, -0.2) is 22.0 Å². The van der Waals surface area contributed by atoms with Crippen molar-refractivity contribution in [3.05, 3.63) is 46.8 Å². The fourth-order valence-corrected chi connectivity index (χ4v) is 11.0. The predicted octanol–water partition coefficient (Wildman–Crippen LogP) is 15.3. The molecular weight excluding hydrogens is 717 g/mol. The molecule has 280 valence electrons. The van der Waals surface area contributed by atoms with Gasteiger partial charge in [0.2, 0.25) is 0 Å². The molecule has 0 saturated heterocycles. The number of nitrogens with zero attached hydrogens (tertiary/aromatic N) is 2. The first kappa shape index (κ1) is 39.2. The van der Waals surface area contributed by atoms with Gasteiger partial charge in [-0.15, -0.1) is 34.0 Å². The van der Waals surface area contributed by atoms with Crippen molar-refractivity contribution in [1.29, 1.82) is 0 Å². The van der Waals surface area contributed by atoms with Crippen LogP contribution in [0.1, 0.15) is 131 Å². The fraction of sp³-hybridized carbons (Fsp3) is 0.545. The van der Waals surface area contributed by atoms with Crippen molar-refractivity contribution in [2.75, 3.05) is 13.2 Å². The second-order valence-corrected chi connectivity index (χ2v) is 20.3. The molecule has 2 unspecified atom stereocenters. The highest BCUT2D eigenvalue weighted by Crippen LogP contribution is 2.53. The number of rotatable bonds is 16. The molecule has 0 amide bonds. The number of hydrogen-bond donors (Lipinski definition) is 0. The second kappa shape index (κ2) is 16.5. The molecule has 2 atom stereocenters. The monoisotopic (exact) mass is 774 g/mol. The largest absolute Gasteiger partial charge is 0.491 e. The van der Waals surface area contributed by atoms with E-state index in [-0.39, 0.29) is 10.8 Å². The van der Waals surface area contributed by atoms with Gasteiger partial charge in [0.25, 0.3) is 0 Å². The van der Waals surface area contributed by atoms with Crippen LogP contribution >= 0.6 is 45.7 Å². The summed E-state index contributed by atoms with van der Waals surface area (Å²) in [6.07, 6.45) is 9.61. The lowest BCUT2D eigenvalue weighted by Crippen LogP contribution is -2.12. The molecule has 0 radical (unpaired) electrons. The predicted molar refractivity (Wildman–Crippen MR) is 232 cm³/mol. The lowest BCUT2D eigenvalue weighted by Gasteiger charge is -2.19. The van der Waals surface area contributed by atoms with Crippen LogP contribution in [0.3, 0.4) is 0 Å². The highest BCUT2D eigenvalue weighted by molar-refractivity contribution is 7.27. The zero-order chi connectivity index (χ0) is 37.2. The molecule has 0 aliphatic rings. The summed E-state index contributed by atoms with van der Waals surface area (Å²) in [7, 11) is 0. The van der Waals surface area contributed by atoms with E-state index in [0.717, 1.165) is 54.2 Å². The number of hydrogen-bond acceptors (Lipinski definition) is 8. The van der Waals surface area contributed by atoms with Crippen molar-refractivity contribution in [2.24, 2.45) is 11.8 Å². The number of fused-ring (bicyclic) bond motifs is 3. The van der Waals surface area contributed by atoms with Crippen LogP contribution in [0.2, 0.25) is 0 Å². The van der Waals surface area contributed by atoms with E-state index in [1.54, 1.807) is 0 Å². The van der Waals surface area contributed by atoms with Crippen LogP contribution in [0, 0.1) is 11.8 Å². The molecule has 4 heterocycles. The third-order valence-electron chi connectivity index (χ3n) is 10.5. The third kappa shape index (κ3) is 8.25. The summed E-state index contributed by atoms with van der Waals surface area (Å²) >= 11 is 6.90. The summed E-state index contributed by atoms with van der Waals surface area (Å²) in [5, 5.41) is 2.40. The van der Waals surface area contributed by atoms with Gasteiger partial charge < -0.3 is 9.47 Å². The maximum Gasteiger partial charge on any atom is 0.146 e. The highest BCUT2D eigenvalue weighted by Gasteiger charge is 2.27. The molecule has 0 spiro atoms. The van der Waals surface area contributed by atoms with Crippen LogP contribution in [0.15, 0.2) is 36.4 Å². The van der Waals surface area contributed by atoms with E-state index in [1.807, 2.05) is 34.0 Å². The van der Waals surface area contributed by atoms with E-state index in [9.17, 15) is 0 Å². The van der Waals surface area contributed by atoms with E-state index in [1.165, 1.54) is 95.5 Å².